The summed E-state index contributed by atoms with van der Waals surface area (Å²) in [4.78, 5) is 13.5. The number of Topliss-reactive ketones (excluding diaryl/α,β-unsaturated/α-hetero) is 1. The summed E-state index contributed by atoms with van der Waals surface area (Å²) in [5.74, 6) is 0.274. The fourth-order valence-corrected chi connectivity index (χ4v) is 3.05. The number of carbonyl (C=O) groups excluding carboxylic acids is 1. The first-order valence-corrected chi connectivity index (χ1v) is 7.73. The molecule has 0 amide bonds. The first-order valence-electron chi connectivity index (χ1n) is 7.73. The number of ketones is 1. The molecule has 1 aliphatic rings. The monoisotopic (exact) mass is 307 g/mol. The fraction of sp³-hybridized carbons (Fsp3) is 0.938. The number of halogens is 3. The van der Waals surface area contributed by atoms with E-state index in [9.17, 15) is 18.0 Å². The van der Waals surface area contributed by atoms with E-state index in [0.29, 0.717) is 18.8 Å². The van der Waals surface area contributed by atoms with Crippen molar-refractivity contribution in [3.05, 3.63) is 0 Å². The van der Waals surface area contributed by atoms with E-state index in [-0.39, 0.29) is 29.7 Å². The lowest BCUT2D eigenvalue weighted by atomic mass is 9.68. The summed E-state index contributed by atoms with van der Waals surface area (Å²) in [7, 11) is 0. The van der Waals surface area contributed by atoms with E-state index in [0.717, 1.165) is 6.42 Å². The van der Waals surface area contributed by atoms with Gasteiger partial charge in [0.25, 0.3) is 0 Å². The minimum atomic E-state index is -4.22. The number of hydrogen-bond donors (Lipinski definition) is 0. The minimum absolute atomic E-state index is 0.103. The van der Waals surface area contributed by atoms with Crippen LogP contribution >= 0.6 is 0 Å². The van der Waals surface area contributed by atoms with Crippen molar-refractivity contribution in [3.8, 4) is 0 Å². The molecule has 1 saturated carbocycles. The molecular weight excluding hydrogens is 279 g/mol. The predicted molar refractivity (Wildman–Crippen MR) is 78.1 cm³/mol. The Morgan fingerprint density at radius 2 is 1.81 bits per heavy atom. The molecule has 5 heteroatoms. The van der Waals surface area contributed by atoms with Gasteiger partial charge in [-0.3, -0.25) is 9.69 Å². The van der Waals surface area contributed by atoms with Crippen LogP contribution in [0.3, 0.4) is 0 Å². The molecule has 0 radical (unpaired) electrons. The van der Waals surface area contributed by atoms with Crippen LogP contribution in [0.25, 0.3) is 0 Å². The lowest BCUT2D eigenvalue weighted by molar-refractivity contribution is -0.153. The lowest BCUT2D eigenvalue weighted by Gasteiger charge is -2.39. The second-order valence-corrected chi connectivity index (χ2v) is 7.64. The van der Waals surface area contributed by atoms with E-state index in [4.69, 9.17) is 0 Å². The van der Waals surface area contributed by atoms with Crippen molar-refractivity contribution in [1.29, 1.82) is 0 Å². The Balaban J connectivity index is 2.74. The van der Waals surface area contributed by atoms with Crippen molar-refractivity contribution in [1.82, 2.24) is 4.90 Å². The number of alkyl halides is 3. The SMILES string of the molecule is CC(C)N(CC1CC(C(C)(C)C)CCC1=O)CC(F)(F)F. The summed E-state index contributed by atoms with van der Waals surface area (Å²) in [6.45, 7) is 9.21. The third kappa shape index (κ3) is 5.97. The number of nitrogens with zero attached hydrogens (tertiary/aromatic N) is 1. The quantitative estimate of drug-likeness (QED) is 0.772. The predicted octanol–water partition coefficient (Wildman–Crippen LogP) is 4.29. The van der Waals surface area contributed by atoms with Crippen molar-refractivity contribution >= 4 is 5.78 Å². The normalized spacial score (nSPS) is 25.0. The Morgan fingerprint density at radius 1 is 1.24 bits per heavy atom. The van der Waals surface area contributed by atoms with Crippen LogP contribution in [-0.4, -0.2) is 36.0 Å². The summed E-state index contributed by atoms with van der Waals surface area (Å²) in [6, 6.07) is -0.213. The van der Waals surface area contributed by atoms with Gasteiger partial charge in [-0.2, -0.15) is 13.2 Å². The molecule has 21 heavy (non-hydrogen) atoms. The molecule has 0 bridgehead atoms. The molecule has 0 aromatic heterocycles. The van der Waals surface area contributed by atoms with E-state index in [1.165, 1.54) is 4.90 Å². The second-order valence-electron chi connectivity index (χ2n) is 7.64. The largest absolute Gasteiger partial charge is 0.401 e. The van der Waals surface area contributed by atoms with Crippen LogP contribution in [-0.2, 0) is 4.79 Å². The van der Waals surface area contributed by atoms with Crippen molar-refractivity contribution in [2.45, 2.75) is 66.1 Å². The van der Waals surface area contributed by atoms with Crippen LogP contribution in [0.5, 0.6) is 0 Å². The molecule has 1 rings (SSSR count). The first-order chi connectivity index (χ1) is 9.40. The zero-order valence-electron chi connectivity index (χ0n) is 13.8. The molecule has 2 nitrogen and oxygen atoms in total. The van der Waals surface area contributed by atoms with Crippen LogP contribution in [0.15, 0.2) is 0 Å². The maximum absolute atomic E-state index is 12.7. The molecule has 2 unspecified atom stereocenters. The van der Waals surface area contributed by atoms with Crippen molar-refractivity contribution in [2.75, 3.05) is 13.1 Å². The molecule has 0 aliphatic heterocycles. The average Bonchev–Trinajstić information content (AvgIpc) is 2.27. The molecule has 0 spiro atoms. The first kappa shape index (κ1) is 18.5. The van der Waals surface area contributed by atoms with Gasteiger partial charge in [-0.25, -0.2) is 0 Å². The Hall–Kier alpha value is -0.580. The molecule has 0 heterocycles. The molecule has 2 atom stereocenters. The van der Waals surface area contributed by atoms with Crippen LogP contribution < -0.4 is 0 Å². The molecular formula is C16H28F3NO. The standard InChI is InChI=1S/C16H28F3NO/c1-11(2)20(10-16(17,18)19)9-12-8-13(15(3,4)5)6-7-14(12)21/h11-13H,6-10H2,1-5H3. The van der Waals surface area contributed by atoms with Gasteiger partial charge < -0.3 is 0 Å². The average molecular weight is 307 g/mol. The van der Waals surface area contributed by atoms with Crippen LogP contribution in [0.2, 0.25) is 0 Å². The van der Waals surface area contributed by atoms with Gasteiger partial charge in [0.2, 0.25) is 0 Å². The molecule has 0 aromatic rings. The zero-order valence-corrected chi connectivity index (χ0v) is 13.8. The number of carbonyl (C=O) groups is 1. The topological polar surface area (TPSA) is 20.3 Å². The summed E-state index contributed by atoms with van der Waals surface area (Å²) in [5.41, 5.74) is 0.103. The maximum Gasteiger partial charge on any atom is 0.401 e. The van der Waals surface area contributed by atoms with E-state index in [2.05, 4.69) is 20.8 Å². The third-order valence-electron chi connectivity index (χ3n) is 4.56. The highest BCUT2D eigenvalue weighted by Crippen LogP contribution is 2.39. The summed E-state index contributed by atoms with van der Waals surface area (Å²) >= 11 is 0. The molecule has 0 saturated heterocycles. The molecule has 0 N–H and O–H groups in total. The van der Waals surface area contributed by atoms with Gasteiger partial charge in [0.05, 0.1) is 6.54 Å². The molecule has 1 aliphatic carbocycles. The van der Waals surface area contributed by atoms with E-state index < -0.39 is 12.7 Å². The van der Waals surface area contributed by atoms with E-state index in [1.54, 1.807) is 13.8 Å². The van der Waals surface area contributed by atoms with Gasteiger partial charge in [0, 0.05) is 24.9 Å². The van der Waals surface area contributed by atoms with Gasteiger partial charge in [0.15, 0.2) is 0 Å². The summed E-state index contributed by atoms with van der Waals surface area (Å²) in [6.07, 6.45) is -2.14. The Bertz CT molecular complexity index is 358. The maximum atomic E-state index is 12.7. The zero-order chi connectivity index (χ0) is 16.4. The van der Waals surface area contributed by atoms with Gasteiger partial charge in [0.1, 0.15) is 5.78 Å². The van der Waals surface area contributed by atoms with E-state index >= 15 is 0 Å². The van der Waals surface area contributed by atoms with Gasteiger partial charge in [-0.1, -0.05) is 20.8 Å². The number of rotatable bonds is 4. The highest BCUT2D eigenvalue weighted by molar-refractivity contribution is 5.82. The second kappa shape index (κ2) is 6.67. The number of hydrogen-bond acceptors (Lipinski definition) is 2. The van der Waals surface area contributed by atoms with Gasteiger partial charge >= 0.3 is 6.18 Å². The fourth-order valence-electron chi connectivity index (χ4n) is 3.05. The molecule has 124 valence electrons. The Labute approximate surface area is 126 Å². The summed E-state index contributed by atoms with van der Waals surface area (Å²) in [5, 5.41) is 0. The van der Waals surface area contributed by atoms with Gasteiger partial charge in [-0.05, 0) is 38.0 Å². The summed E-state index contributed by atoms with van der Waals surface area (Å²) < 4.78 is 38.0. The third-order valence-corrected chi connectivity index (χ3v) is 4.56. The van der Waals surface area contributed by atoms with E-state index in [1.807, 2.05) is 0 Å². The van der Waals surface area contributed by atoms with Gasteiger partial charge in [-0.15, -0.1) is 0 Å². The smallest absolute Gasteiger partial charge is 0.299 e. The van der Waals surface area contributed by atoms with Crippen molar-refractivity contribution in [3.63, 3.8) is 0 Å². The van der Waals surface area contributed by atoms with Crippen LogP contribution in [0.4, 0.5) is 13.2 Å². The Kier molecular flexibility index (Phi) is 5.87. The molecule has 0 aromatic carbocycles. The lowest BCUT2D eigenvalue weighted by Crippen LogP contribution is -2.45. The van der Waals surface area contributed by atoms with Crippen molar-refractivity contribution in [2.24, 2.45) is 17.3 Å². The highest BCUT2D eigenvalue weighted by atomic mass is 19.4. The van der Waals surface area contributed by atoms with Crippen molar-refractivity contribution < 1.29 is 18.0 Å². The minimum Gasteiger partial charge on any atom is -0.299 e. The Morgan fingerprint density at radius 3 is 2.24 bits per heavy atom. The molecule has 1 fully saturated rings. The van der Waals surface area contributed by atoms with Crippen LogP contribution in [0.1, 0.15) is 53.9 Å². The highest BCUT2D eigenvalue weighted by Gasteiger charge is 2.38. The van der Waals surface area contributed by atoms with Crippen LogP contribution in [0, 0.1) is 17.3 Å².